The Hall–Kier alpha value is -1.71. The minimum absolute atomic E-state index is 0.0553. The van der Waals surface area contributed by atoms with E-state index < -0.39 is 0 Å². The predicted octanol–water partition coefficient (Wildman–Crippen LogP) is 2.34. The van der Waals surface area contributed by atoms with Gasteiger partial charge in [-0.1, -0.05) is 18.9 Å². The van der Waals surface area contributed by atoms with Crippen molar-refractivity contribution in [1.82, 2.24) is 5.32 Å². The molecule has 1 fully saturated rings. The number of hydrogen-bond acceptors (Lipinski definition) is 3. The summed E-state index contributed by atoms with van der Waals surface area (Å²) in [6.45, 7) is 1.17. The van der Waals surface area contributed by atoms with Crippen LogP contribution >= 0.6 is 0 Å². The lowest BCUT2D eigenvalue weighted by atomic mass is 10.2. The van der Waals surface area contributed by atoms with Gasteiger partial charge in [0.25, 0.3) is 0 Å². The van der Waals surface area contributed by atoms with Gasteiger partial charge in [0.05, 0.1) is 13.0 Å². The van der Waals surface area contributed by atoms with E-state index in [2.05, 4.69) is 5.32 Å². The molecule has 0 bridgehead atoms. The molecule has 1 aliphatic carbocycles. The lowest BCUT2D eigenvalue weighted by Gasteiger charge is -2.07. The van der Waals surface area contributed by atoms with Crippen molar-refractivity contribution in [2.24, 2.45) is 5.92 Å². The maximum atomic E-state index is 11.5. The van der Waals surface area contributed by atoms with Gasteiger partial charge in [0.1, 0.15) is 5.75 Å². The average Bonchev–Trinajstić information content (AvgIpc) is 3.19. The first-order valence-corrected chi connectivity index (χ1v) is 6.99. The molecule has 4 heteroatoms. The van der Waals surface area contributed by atoms with Gasteiger partial charge in [0.2, 0.25) is 5.91 Å². The normalized spacial score (nSPS) is 14.1. The van der Waals surface area contributed by atoms with Crippen LogP contribution < -0.4 is 15.8 Å². The lowest BCUT2D eigenvalue weighted by molar-refractivity contribution is -0.121. The van der Waals surface area contributed by atoms with Gasteiger partial charge in [-0.25, -0.2) is 0 Å². The van der Waals surface area contributed by atoms with Crippen LogP contribution in [-0.2, 0) is 4.79 Å². The molecule has 1 amide bonds. The summed E-state index contributed by atoms with van der Waals surface area (Å²) in [5.41, 5.74) is 6.31. The first-order valence-electron chi connectivity index (χ1n) is 6.99. The van der Waals surface area contributed by atoms with Gasteiger partial charge in [-0.2, -0.15) is 0 Å². The van der Waals surface area contributed by atoms with Crippen molar-refractivity contribution < 1.29 is 9.53 Å². The molecule has 3 N–H and O–H groups in total. The number of rotatable bonds is 8. The molecule has 0 heterocycles. The Morgan fingerprint density at radius 2 is 2.26 bits per heavy atom. The van der Waals surface area contributed by atoms with Gasteiger partial charge < -0.3 is 15.8 Å². The third-order valence-electron chi connectivity index (χ3n) is 3.26. The molecule has 0 atom stereocenters. The van der Waals surface area contributed by atoms with E-state index in [1.807, 2.05) is 12.1 Å². The number of amides is 1. The molecule has 0 saturated heterocycles. The molecule has 1 aromatic rings. The summed E-state index contributed by atoms with van der Waals surface area (Å²) in [7, 11) is 0. The largest absolute Gasteiger partial charge is 0.493 e. The third kappa shape index (κ3) is 5.64. The van der Waals surface area contributed by atoms with Crippen molar-refractivity contribution >= 4 is 11.6 Å². The first-order chi connectivity index (χ1) is 9.24. The molecule has 4 nitrogen and oxygen atoms in total. The molecule has 0 aromatic heterocycles. The quantitative estimate of drug-likeness (QED) is 0.558. The van der Waals surface area contributed by atoms with Gasteiger partial charge in [-0.15, -0.1) is 0 Å². The second-order valence-electron chi connectivity index (χ2n) is 5.11. The summed E-state index contributed by atoms with van der Waals surface area (Å²) in [4.78, 5) is 11.5. The van der Waals surface area contributed by atoms with E-state index in [9.17, 15) is 4.79 Å². The van der Waals surface area contributed by atoms with Crippen molar-refractivity contribution in [3.8, 4) is 5.75 Å². The summed E-state index contributed by atoms with van der Waals surface area (Å²) < 4.78 is 5.47. The second-order valence-corrected chi connectivity index (χ2v) is 5.11. The number of benzene rings is 1. The predicted molar refractivity (Wildman–Crippen MR) is 75.9 cm³/mol. The molecular weight excluding hydrogens is 240 g/mol. The van der Waals surface area contributed by atoms with Crippen LogP contribution in [0, 0.1) is 5.92 Å². The van der Waals surface area contributed by atoms with Crippen molar-refractivity contribution in [3.05, 3.63) is 24.3 Å². The van der Waals surface area contributed by atoms with E-state index in [-0.39, 0.29) is 5.91 Å². The topological polar surface area (TPSA) is 64.3 Å². The van der Waals surface area contributed by atoms with Gasteiger partial charge in [-0.3, -0.25) is 4.79 Å². The summed E-state index contributed by atoms with van der Waals surface area (Å²) in [6.07, 6.45) is 5.48. The highest BCUT2D eigenvalue weighted by Gasteiger charge is 2.19. The Bertz CT molecular complexity index is 416. The smallest absolute Gasteiger partial charge is 0.223 e. The Balaban J connectivity index is 1.53. The Kier molecular flexibility index (Phi) is 5.07. The number of nitrogen functional groups attached to an aromatic ring is 1. The Morgan fingerprint density at radius 3 is 3.00 bits per heavy atom. The van der Waals surface area contributed by atoms with Crippen LogP contribution in [0.15, 0.2) is 24.3 Å². The maximum Gasteiger partial charge on any atom is 0.223 e. The molecule has 1 saturated carbocycles. The van der Waals surface area contributed by atoms with Crippen LogP contribution in [0.4, 0.5) is 5.69 Å². The van der Waals surface area contributed by atoms with Gasteiger partial charge in [0, 0.05) is 18.3 Å². The first kappa shape index (κ1) is 13.7. The highest BCUT2D eigenvalue weighted by atomic mass is 16.5. The number of ether oxygens (including phenoxy) is 1. The second kappa shape index (κ2) is 7.02. The molecule has 1 aliphatic rings. The zero-order valence-electron chi connectivity index (χ0n) is 11.2. The number of carbonyl (C=O) groups excluding carboxylic acids is 1. The van der Waals surface area contributed by atoms with Crippen molar-refractivity contribution in [2.75, 3.05) is 18.9 Å². The number of nitrogens with one attached hydrogen (secondary N) is 1. The minimum atomic E-state index is 0.0553. The minimum Gasteiger partial charge on any atom is -0.493 e. The van der Waals surface area contributed by atoms with E-state index in [1.165, 1.54) is 19.3 Å². The molecule has 104 valence electrons. The van der Waals surface area contributed by atoms with Crippen LogP contribution in [0.2, 0.25) is 0 Å². The zero-order valence-corrected chi connectivity index (χ0v) is 11.2. The fourth-order valence-corrected chi connectivity index (χ4v) is 1.98. The number of nitrogens with two attached hydrogens (primary N) is 1. The molecule has 19 heavy (non-hydrogen) atoms. The molecule has 0 aliphatic heterocycles. The van der Waals surface area contributed by atoms with Crippen LogP contribution in [0.3, 0.4) is 0 Å². The van der Waals surface area contributed by atoms with Crippen LogP contribution in [0.1, 0.15) is 32.1 Å². The maximum absolute atomic E-state index is 11.5. The standard InChI is InChI=1S/C15H22N2O2/c16-13-4-1-5-14(11-13)19-10-8-15(18)17-9-2-3-12-6-7-12/h1,4-5,11-12H,2-3,6-10,16H2,(H,17,18). The molecule has 2 rings (SSSR count). The number of anilines is 1. The van der Waals surface area contributed by atoms with Crippen LogP contribution in [0.5, 0.6) is 5.75 Å². The summed E-state index contributed by atoms with van der Waals surface area (Å²) in [5.74, 6) is 1.70. The third-order valence-corrected chi connectivity index (χ3v) is 3.26. The highest BCUT2D eigenvalue weighted by molar-refractivity contribution is 5.75. The molecule has 0 spiro atoms. The SMILES string of the molecule is Nc1cccc(OCCC(=O)NCCCC2CC2)c1. The molecule has 0 unspecified atom stereocenters. The van der Waals surface area contributed by atoms with Crippen LogP contribution in [0.25, 0.3) is 0 Å². The lowest BCUT2D eigenvalue weighted by Crippen LogP contribution is -2.25. The molecular formula is C15H22N2O2. The highest BCUT2D eigenvalue weighted by Crippen LogP contribution is 2.33. The van der Waals surface area contributed by atoms with Crippen molar-refractivity contribution in [2.45, 2.75) is 32.1 Å². The zero-order chi connectivity index (χ0) is 13.5. The average molecular weight is 262 g/mol. The summed E-state index contributed by atoms with van der Waals surface area (Å²) in [6, 6.07) is 7.24. The van der Waals surface area contributed by atoms with E-state index in [0.29, 0.717) is 24.5 Å². The van der Waals surface area contributed by atoms with E-state index >= 15 is 0 Å². The van der Waals surface area contributed by atoms with Crippen molar-refractivity contribution in [1.29, 1.82) is 0 Å². The summed E-state index contributed by atoms with van der Waals surface area (Å²) in [5, 5.41) is 2.92. The fraction of sp³-hybridized carbons (Fsp3) is 0.533. The van der Waals surface area contributed by atoms with E-state index in [0.717, 1.165) is 18.9 Å². The van der Waals surface area contributed by atoms with Gasteiger partial charge in [0.15, 0.2) is 0 Å². The monoisotopic (exact) mass is 262 g/mol. The van der Waals surface area contributed by atoms with E-state index in [1.54, 1.807) is 12.1 Å². The van der Waals surface area contributed by atoms with Gasteiger partial charge >= 0.3 is 0 Å². The number of carbonyl (C=O) groups is 1. The Morgan fingerprint density at radius 1 is 1.42 bits per heavy atom. The van der Waals surface area contributed by atoms with Crippen LogP contribution in [-0.4, -0.2) is 19.1 Å². The number of hydrogen-bond donors (Lipinski definition) is 2. The van der Waals surface area contributed by atoms with E-state index in [4.69, 9.17) is 10.5 Å². The summed E-state index contributed by atoms with van der Waals surface area (Å²) >= 11 is 0. The molecule has 0 radical (unpaired) electrons. The fourth-order valence-electron chi connectivity index (χ4n) is 1.98. The Labute approximate surface area is 114 Å². The van der Waals surface area contributed by atoms with Gasteiger partial charge in [-0.05, 0) is 30.9 Å². The van der Waals surface area contributed by atoms with Crippen molar-refractivity contribution in [3.63, 3.8) is 0 Å². The molecule has 1 aromatic carbocycles.